The lowest BCUT2D eigenvalue weighted by molar-refractivity contribution is 0.838. The minimum absolute atomic E-state index is 0.837. The van der Waals surface area contributed by atoms with E-state index in [2.05, 4.69) is 67.7 Å². The fourth-order valence-electron chi connectivity index (χ4n) is 3.61. The normalized spacial score (nSPS) is 18.3. The molecule has 1 unspecified atom stereocenters. The van der Waals surface area contributed by atoms with E-state index in [1.807, 2.05) is 0 Å². The van der Waals surface area contributed by atoms with Crippen LogP contribution < -0.4 is 0 Å². The minimum Gasteiger partial charge on any atom is -0.0687 e. The van der Waals surface area contributed by atoms with E-state index in [0.717, 1.165) is 5.54 Å². The van der Waals surface area contributed by atoms with E-state index in [4.69, 9.17) is 0 Å². The summed E-state index contributed by atoms with van der Waals surface area (Å²) in [6, 6.07) is 21.4. The fraction of sp³-hybridized carbons (Fsp3) is 0.333. The first kappa shape index (κ1) is 12.7. The van der Waals surface area contributed by atoms with Crippen molar-refractivity contribution >= 4 is 8.07 Å². The Morgan fingerprint density at radius 1 is 0.947 bits per heavy atom. The van der Waals surface area contributed by atoms with Gasteiger partial charge < -0.3 is 0 Å². The standard InChI is InChI=1S/C18H22Si/c1-19(2,14-15-8-4-3-5-9-15)18-13-12-16-10-6-7-11-17(16)18/h3-11,18H,12-14H2,1-2H3. The van der Waals surface area contributed by atoms with Gasteiger partial charge in [-0.2, -0.15) is 0 Å². The van der Waals surface area contributed by atoms with Crippen molar-refractivity contribution in [2.75, 3.05) is 0 Å². The molecule has 0 spiro atoms. The molecule has 0 nitrogen and oxygen atoms in total. The van der Waals surface area contributed by atoms with E-state index in [-0.39, 0.29) is 0 Å². The highest BCUT2D eigenvalue weighted by atomic mass is 28.3. The first-order chi connectivity index (χ1) is 9.17. The molecular weight excluding hydrogens is 244 g/mol. The van der Waals surface area contributed by atoms with Gasteiger partial charge >= 0.3 is 0 Å². The Balaban J connectivity index is 1.86. The highest BCUT2D eigenvalue weighted by Gasteiger charge is 2.36. The molecule has 98 valence electrons. The zero-order chi connectivity index (χ0) is 13.3. The van der Waals surface area contributed by atoms with Crippen molar-refractivity contribution in [3.8, 4) is 0 Å². The second-order valence-corrected chi connectivity index (χ2v) is 11.5. The van der Waals surface area contributed by atoms with Gasteiger partial charge in [0.1, 0.15) is 0 Å². The Bertz CT molecular complexity index is 557. The van der Waals surface area contributed by atoms with E-state index in [0.29, 0.717) is 0 Å². The van der Waals surface area contributed by atoms with Crippen LogP contribution in [-0.4, -0.2) is 8.07 Å². The number of hydrogen-bond acceptors (Lipinski definition) is 0. The molecule has 0 saturated heterocycles. The van der Waals surface area contributed by atoms with Crippen molar-refractivity contribution in [3.05, 3.63) is 71.3 Å². The minimum atomic E-state index is -1.26. The predicted molar refractivity (Wildman–Crippen MR) is 85.1 cm³/mol. The van der Waals surface area contributed by atoms with E-state index >= 15 is 0 Å². The average molecular weight is 266 g/mol. The molecule has 2 aromatic carbocycles. The summed E-state index contributed by atoms with van der Waals surface area (Å²) in [7, 11) is -1.26. The smallest absolute Gasteiger partial charge is 0.0595 e. The predicted octanol–water partition coefficient (Wildman–Crippen LogP) is 4.75. The molecule has 0 aromatic heterocycles. The third-order valence-electron chi connectivity index (χ3n) is 4.58. The van der Waals surface area contributed by atoms with Gasteiger partial charge in [-0.15, -0.1) is 0 Å². The summed E-state index contributed by atoms with van der Waals surface area (Å²) < 4.78 is 0. The largest absolute Gasteiger partial charge is 0.0687 e. The second-order valence-electron chi connectivity index (χ2n) is 6.44. The first-order valence-corrected chi connectivity index (χ1v) is 10.6. The van der Waals surface area contributed by atoms with Gasteiger partial charge in [0.25, 0.3) is 0 Å². The molecule has 0 fully saturated rings. The first-order valence-electron chi connectivity index (χ1n) is 7.28. The Kier molecular flexibility index (Phi) is 3.32. The molecule has 0 N–H and O–H groups in total. The third-order valence-corrected chi connectivity index (χ3v) is 8.38. The zero-order valence-electron chi connectivity index (χ0n) is 11.9. The molecule has 0 amide bonds. The van der Waals surface area contributed by atoms with Crippen LogP contribution in [0.2, 0.25) is 13.1 Å². The van der Waals surface area contributed by atoms with Gasteiger partial charge in [0.05, 0.1) is 8.07 Å². The van der Waals surface area contributed by atoms with Crippen LogP contribution in [0.4, 0.5) is 0 Å². The van der Waals surface area contributed by atoms with Gasteiger partial charge in [-0.3, -0.25) is 0 Å². The Morgan fingerprint density at radius 3 is 2.42 bits per heavy atom. The van der Waals surface area contributed by atoms with E-state index in [9.17, 15) is 0 Å². The molecule has 19 heavy (non-hydrogen) atoms. The maximum Gasteiger partial charge on any atom is 0.0595 e. The number of benzene rings is 2. The highest BCUT2D eigenvalue weighted by molar-refractivity contribution is 6.78. The van der Waals surface area contributed by atoms with Crippen molar-refractivity contribution < 1.29 is 0 Å². The molecule has 0 heterocycles. The molecular formula is C18H22Si. The number of fused-ring (bicyclic) bond motifs is 1. The van der Waals surface area contributed by atoms with Crippen LogP contribution >= 0.6 is 0 Å². The molecule has 1 atom stereocenters. The molecule has 2 aromatic rings. The monoisotopic (exact) mass is 266 g/mol. The van der Waals surface area contributed by atoms with Crippen molar-refractivity contribution in [1.82, 2.24) is 0 Å². The van der Waals surface area contributed by atoms with Crippen molar-refractivity contribution in [1.29, 1.82) is 0 Å². The molecule has 3 rings (SSSR count). The lowest BCUT2D eigenvalue weighted by Crippen LogP contribution is -2.37. The molecule has 0 bridgehead atoms. The van der Waals surface area contributed by atoms with E-state index < -0.39 is 8.07 Å². The van der Waals surface area contributed by atoms with Gasteiger partial charge in [0.15, 0.2) is 0 Å². The summed E-state index contributed by atoms with van der Waals surface area (Å²) in [4.78, 5) is 0. The highest BCUT2D eigenvalue weighted by Crippen LogP contribution is 2.40. The van der Waals surface area contributed by atoms with Crippen LogP contribution in [0.5, 0.6) is 0 Å². The van der Waals surface area contributed by atoms with Crippen LogP contribution in [-0.2, 0) is 12.5 Å². The van der Waals surface area contributed by atoms with Crippen LogP contribution in [0.15, 0.2) is 54.6 Å². The van der Waals surface area contributed by atoms with E-state index in [1.165, 1.54) is 24.4 Å². The van der Waals surface area contributed by atoms with E-state index in [1.54, 1.807) is 11.1 Å². The lowest BCUT2D eigenvalue weighted by atomic mass is 10.1. The summed E-state index contributed by atoms with van der Waals surface area (Å²) in [5, 5.41) is 0. The molecule has 1 aliphatic carbocycles. The molecule has 0 aliphatic heterocycles. The second kappa shape index (κ2) is 4.97. The van der Waals surface area contributed by atoms with Crippen LogP contribution in [0.25, 0.3) is 0 Å². The summed E-state index contributed by atoms with van der Waals surface area (Å²) in [5.74, 6) is 0. The Labute approximate surface area is 117 Å². The quantitative estimate of drug-likeness (QED) is 0.704. The molecule has 1 heteroatoms. The summed E-state index contributed by atoms with van der Waals surface area (Å²) in [5.41, 5.74) is 5.60. The maximum absolute atomic E-state index is 2.56. The SMILES string of the molecule is C[Si](C)(Cc1ccccc1)C1CCc2ccccc21. The van der Waals surface area contributed by atoms with Crippen molar-refractivity contribution in [3.63, 3.8) is 0 Å². The van der Waals surface area contributed by atoms with Gasteiger partial charge in [0, 0.05) is 0 Å². The van der Waals surface area contributed by atoms with Crippen LogP contribution in [0.1, 0.15) is 28.7 Å². The molecule has 1 aliphatic rings. The van der Waals surface area contributed by atoms with Gasteiger partial charge in [-0.25, -0.2) is 0 Å². The topological polar surface area (TPSA) is 0 Å². The van der Waals surface area contributed by atoms with Gasteiger partial charge in [-0.1, -0.05) is 73.3 Å². The summed E-state index contributed by atoms with van der Waals surface area (Å²) >= 11 is 0. The number of aryl methyl sites for hydroxylation is 1. The zero-order valence-corrected chi connectivity index (χ0v) is 12.9. The summed E-state index contributed by atoms with van der Waals surface area (Å²) in [6.07, 6.45) is 2.65. The summed E-state index contributed by atoms with van der Waals surface area (Å²) in [6.45, 7) is 5.12. The molecule has 0 radical (unpaired) electrons. The Morgan fingerprint density at radius 2 is 1.63 bits per heavy atom. The lowest BCUT2D eigenvalue weighted by Gasteiger charge is -2.30. The average Bonchev–Trinajstić information content (AvgIpc) is 2.84. The Hall–Kier alpha value is -1.34. The van der Waals surface area contributed by atoms with Crippen LogP contribution in [0, 0.1) is 0 Å². The number of hydrogen-bond donors (Lipinski definition) is 0. The van der Waals surface area contributed by atoms with Crippen molar-refractivity contribution in [2.24, 2.45) is 0 Å². The maximum atomic E-state index is 2.56. The van der Waals surface area contributed by atoms with Gasteiger partial charge in [0.2, 0.25) is 0 Å². The molecule has 0 saturated carbocycles. The van der Waals surface area contributed by atoms with Crippen molar-refractivity contribution in [2.45, 2.75) is 37.5 Å². The fourth-order valence-corrected chi connectivity index (χ4v) is 7.20. The third kappa shape index (κ3) is 2.52. The van der Waals surface area contributed by atoms with Crippen LogP contribution in [0.3, 0.4) is 0 Å². The number of rotatable bonds is 3. The van der Waals surface area contributed by atoms with Gasteiger partial charge in [-0.05, 0) is 35.6 Å².